The molecule has 0 atom stereocenters. The Morgan fingerprint density at radius 2 is 1.70 bits per heavy atom. The van der Waals surface area contributed by atoms with Crippen LogP contribution in [0.15, 0.2) is 47.4 Å². The van der Waals surface area contributed by atoms with Crippen molar-refractivity contribution in [3.63, 3.8) is 0 Å². The first kappa shape index (κ1) is 20.6. The maximum atomic E-state index is 13.1. The Bertz CT molecular complexity index is 1140. The molecule has 2 heterocycles. The standard InChI is InChI=1S/C20H23FN6O2S/c1-15-3-4-16(2)19(13-15)30(28,29)26-11-9-25(10-12-26)14-27-23-20(22-24-27)17-5-7-18(21)8-6-17/h3-8,13H,9-12,14H2,1-2H3. The molecule has 1 saturated heterocycles. The highest BCUT2D eigenvalue weighted by atomic mass is 32.2. The molecule has 8 nitrogen and oxygen atoms in total. The molecule has 0 bridgehead atoms. The van der Waals surface area contributed by atoms with Gasteiger partial charge in [-0.15, -0.1) is 15.0 Å². The van der Waals surface area contributed by atoms with E-state index in [9.17, 15) is 12.8 Å². The van der Waals surface area contributed by atoms with Gasteiger partial charge in [-0.2, -0.15) is 4.31 Å². The molecule has 1 aliphatic rings. The predicted octanol–water partition coefficient (Wildman–Crippen LogP) is 2.06. The summed E-state index contributed by atoms with van der Waals surface area (Å²) >= 11 is 0. The molecular formula is C20H23FN6O2S. The molecule has 1 aliphatic heterocycles. The van der Waals surface area contributed by atoms with Crippen molar-refractivity contribution in [2.24, 2.45) is 0 Å². The van der Waals surface area contributed by atoms with Crippen LogP contribution in [0.4, 0.5) is 4.39 Å². The number of aromatic nitrogens is 4. The van der Waals surface area contributed by atoms with Gasteiger partial charge < -0.3 is 0 Å². The molecule has 1 fully saturated rings. The molecule has 0 amide bonds. The van der Waals surface area contributed by atoms with Crippen LogP contribution in [0.25, 0.3) is 11.4 Å². The predicted molar refractivity (Wildman–Crippen MR) is 109 cm³/mol. The van der Waals surface area contributed by atoms with Gasteiger partial charge in [-0.1, -0.05) is 12.1 Å². The van der Waals surface area contributed by atoms with Crippen LogP contribution in [0.3, 0.4) is 0 Å². The van der Waals surface area contributed by atoms with Gasteiger partial charge in [-0.05, 0) is 60.5 Å². The highest BCUT2D eigenvalue weighted by Gasteiger charge is 2.30. The summed E-state index contributed by atoms with van der Waals surface area (Å²) in [5, 5.41) is 12.4. The van der Waals surface area contributed by atoms with E-state index in [1.165, 1.54) is 21.2 Å². The number of halogens is 1. The fraction of sp³-hybridized carbons (Fsp3) is 0.350. The zero-order chi connectivity index (χ0) is 21.3. The molecule has 10 heteroatoms. The van der Waals surface area contributed by atoms with Crippen LogP contribution in [-0.4, -0.2) is 64.0 Å². The zero-order valence-corrected chi connectivity index (χ0v) is 17.7. The van der Waals surface area contributed by atoms with Crippen LogP contribution in [0, 0.1) is 19.7 Å². The quantitative estimate of drug-likeness (QED) is 0.616. The minimum absolute atomic E-state index is 0.320. The number of sulfonamides is 1. The molecule has 3 aromatic rings. The van der Waals surface area contributed by atoms with Crippen molar-refractivity contribution in [3.8, 4) is 11.4 Å². The third kappa shape index (κ3) is 4.25. The topological polar surface area (TPSA) is 84.2 Å². The van der Waals surface area contributed by atoms with Crippen molar-refractivity contribution in [2.45, 2.75) is 25.4 Å². The lowest BCUT2D eigenvalue weighted by Crippen LogP contribution is -2.49. The summed E-state index contributed by atoms with van der Waals surface area (Å²) in [6, 6.07) is 11.4. The maximum absolute atomic E-state index is 13.1. The number of benzene rings is 2. The van der Waals surface area contributed by atoms with Crippen LogP contribution in [0.1, 0.15) is 11.1 Å². The number of nitrogens with zero attached hydrogens (tertiary/aromatic N) is 6. The lowest BCUT2D eigenvalue weighted by molar-refractivity contribution is 0.136. The maximum Gasteiger partial charge on any atom is 0.243 e. The Kier molecular flexibility index (Phi) is 5.63. The highest BCUT2D eigenvalue weighted by Crippen LogP contribution is 2.22. The van der Waals surface area contributed by atoms with Gasteiger partial charge in [-0.25, -0.2) is 12.8 Å². The molecule has 0 saturated carbocycles. The molecule has 0 radical (unpaired) electrons. The van der Waals surface area contributed by atoms with Crippen LogP contribution >= 0.6 is 0 Å². The first-order valence-electron chi connectivity index (χ1n) is 9.66. The van der Waals surface area contributed by atoms with Crippen molar-refractivity contribution in [2.75, 3.05) is 26.2 Å². The largest absolute Gasteiger partial charge is 0.280 e. The van der Waals surface area contributed by atoms with E-state index >= 15 is 0 Å². The number of hydrogen-bond acceptors (Lipinski definition) is 6. The van der Waals surface area contributed by atoms with Crippen molar-refractivity contribution in [3.05, 3.63) is 59.4 Å². The summed E-state index contributed by atoms with van der Waals surface area (Å²) in [5.74, 6) is 0.103. The fourth-order valence-corrected chi connectivity index (χ4v) is 5.16. The van der Waals surface area contributed by atoms with E-state index in [2.05, 4.69) is 20.3 Å². The van der Waals surface area contributed by atoms with Gasteiger partial charge in [0.1, 0.15) is 12.5 Å². The van der Waals surface area contributed by atoms with Crippen LogP contribution in [-0.2, 0) is 16.7 Å². The second-order valence-electron chi connectivity index (χ2n) is 7.42. The first-order chi connectivity index (χ1) is 14.3. The van der Waals surface area contributed by atoms with Crippen molar-refractivity contribution in [1.29, 1.82) is 0 Å². The van der Waals surface area contributed by atoms with Crippen molar-refractivity contribution >= 4 is 10.0 Å². The summed E-state index contributed by atoms with van der Waals surface area (Å²) in [6.07, 6.45) is 0. The first-order valence-corrected chi connectivity index (χ1v) is 11.1. The fourth-order valence-electron chi connectivity index (χ4n) is 3.43. The molecule has 0 aliphatic carbocycles. The highest BCUT2D eigenvalue weighted by molar-refractivity contribution is 7.89. The summed E-state index contributed by atoms with van der Waals surface area (Å²) < 4.78 is 40.7. The van der Waals surface area contributed by atoms with Gasteiger partial charge >= 0.3 is 0 Å². The number of hydrogen-bond donors (Lipinski definition) is 0. The number of aryl methyl sites for hydroxylation is 2. The number of rotatable bonds is 5. The molecule has 4 rings (SSSR count). The molecule has 158 valence electrons. The van der Waals surface area contributed by atoms with E-state index in [-0.39, 0.29) is 5.82 Å². The van der Waals surface area contributed by atoms with E-state index in [0.717, 1.165) is 11.1 Å². The number of piperazine rings is 1. The monoisotopic (exact) mass is 430 g/mol. The summed E-state index contributed by atoms with van der Waals surface area (Å²) in [5.41, 5.74) is 2.36. The SMILES string of the molecule is Cc1ccc(C)c(S(=O)(=O)N2CCN(Cn3nnc(-c4ccc(F)cc4)n3)CC2)c1. The minimum atomic E-state index is -3.52. The smallest absolute Gasteiger partial charge is 0.243 e. The van der Waals surface area contributed by atoms with Gasteiger partial charge in [0.25, 0.3) is 0 Å². The summed E-state index contributed by atoms with van der Waals surface area (Å²) in [6.45, 7) is 6.05. The van der Waals surface area contributed by atoms with Gasteiger partial charge in [0.05, 0.1) is 4.90 Å². The molecule has 0 spiro atoms. The van der Waals surface area contributed by atoms with Crippen molar-refractivity contribution < 1.29 is 12.8 Å². The molecule has 1 aromatic heterocycles. The summed E-state index contributed by atoms with van der Waals surface area (Å²) in [4.78, 5) is 3.91. The Labute approximate surface area is 175 Å². The molecule has 2 aromatic carbocycles. The van der Waals surface area contributed by atoms with Gasteiger partial charge in [0, 0.05) is 31.7 Å². The normalized spacial score (nSPS) is 16.1. The average molecular weight is 431 g/mol. The zero-order valence-electron chi connectivity index (χ0n) is 16.9. The van der Waals surface area contributed by atoms with Crippen LogP contribution in [0.2, 0.25) is 0 Å². The van der Waals surface area contributed by atoms with E-state index in [1.807, 2.05) is 26.0 Å². The third-order valence-corrected chi connectivity index (χ3v) is 7.22. The van der Waals surface area contributed by atoms with Crippen molar-refractivity contribution in [1.82, 2.24) is 29.4 Å². The van der Waals surface area contributed by atoms with Crippen LogP contribution < -0.4 is 0 Å². The minimum Gasteiger partial charge on any atom is -0.280 e. The van der Waals surface area contributed by atoms with Crippen LogP contribution in [0.5, 0.6) is 0 Å². The van der Waals surface area contributed by atoms with E-state index < -0.39 is 10.0 Å². The van der Waals surface area contributed by atoms with Gasteiger partial charge in [-0.3, -0.25) is 4.90 Å². The lowest BCUT2D eigenvalue weighted by Gasteiger charge is -2.33. The molecular weight excluding hydrogens is 407 g/mol. The Morgan fingerprint density at radius 1 is 1.00 bits per heavy atom. The van der Waals surface area contributed by atoms with E-state index in [1.54, 1.807) is 18.2 Å². The second kappa shape index (κ2) is 8.21. The van der Waals surface area contributed by atoms with Gasteiger partial charge in [0.2, 0.25) is 15.8 Å². The number of tetrazole rings is 1. The lowest BCUT2D eigenvalue weighted by atomic mass is 10.2. The summed E-state index contributed by atoms with van der Waals surface area (Å²) in [7, 11) is -3.52. The Balaban J connectivity index is 1.39. The Hall–Kier alpha value is -2.69. The van der Waals surface area contributed by atoms with E-state index in [0.29, 0.717) is 49.1 Å². The third-order valence-electron chi connectivity index (χ3n) is 5.17. The van der Waals surface area contributed by atoms with E-state index in [4.69, 9.17) is 0 Å². The average Bonchev–Trinajstić information content (AvgIpc) is 3.19. The second-order valence-corrected chi connectivity index (χ2v) is 9.33. The Morgan fingerprint density at radius 3 is 2.40 bits per heavy atom. The molecule has 30 heavy (non-hydrogen) atoms. The molecule has 0 N–H and O–H groups in total. The van der Waals surface area contributed by atoms with Gasteiger partial charge in [0.15, 0.2) is 0 Å². The molecule has 0 unspecified atom stereocenters.